The largest absolute Gasteiger partial charge is 0.464 e. The normalized spacial score (nSPS) is 11.3. The fraction of sp³-hybridized carbons (Fsp3) is 0.333. The molecule has 3 rings (SSSR count). The van der Waals surface area contributed by atoms with Crippen molar-refractivity contribution in [1.29, 1.82) is 0 Å². The topological polar surface area (TPSA) is 49.6 Å². The number of benzene rings is 1. The number of nitrogens with zero attached hydrogens (tertiary/aromatic N) is 3. The minimum Gasteiger partial charge on any atom is -0.464 e. The van der Waals surface area contributed by atoms with Gasteiger partial charge in [0.1, 0.15) is 16.5 Å². The van der Waals surface area contributed by atoms with Crippen molar-refractivity contribution < 1.29 is 9.21 Å². The van der Waals surface area contributed by atoms with Gasteiger partial charge in [-0.3, -0.25) is 9.69 Å². The second-order valence-corrected chi connectivity index (χ2v) is 7.12. The van der Waals surface area contributed by atoms with E-state index in [9.17, 15) is 4.79 Å². The first-order valence-corrected chi connectivity index (χ1v) is 8.65. The number of rotatable bonds is 6. The number of carbonyl (C=O) groups is 1. The first-order valence-electron chi connectivity index (χ1n) is 7.83. The molecule has 1 aromatic carbocycles. The summed E-state index contributed by atoms with van der Waals surface area (Å²) < 4.78 is 6.70. The number of hydrogen-bond acceptors (Lipinski definition) is 5. The number of thiazole rings is 1. The predicted molar refractivity (Wildman–Crippen MR) is 95.9 cm³/mol. The van der Waals surface area contributed by atoms with Gasteiger partial charge in [-0.1, -0.05) is 12.1 Å². The maximum atomic E-state index is 12.4. The van der Waals surface area contributed by atoms with Gasteiger partial charge in [-0.2, -0.15) is 0 Å². The summed E-state index contributed by atoms with van der Waals surface area (Å²) in [5.74, 6) is 1.73. The van der Waals surface area contributed by atoms with Crippen LogP contribution in [0, 0.1) is 6.92 Å². The van der Waals surface area contributed by atoms with E-state index in [1.807, 2.05) is 49.2 Å². The van der Waals surface area contributed by atoms with E-state index in [-0.39, 0.29) is 5.91 Å². The fourth-order valence-electron chi connectivity index (χ4n) is 2.52. The van der Waals surface area contributed by atoms with Crippen LogP contribution in [-0.2, 0) is 17.9 Å². The van der Waals surface area contributed by atoms with E-state index in [4.69, 9.17) is 4.42 Å². The van der Waals surface area contributed by atoms with Gasteiger partial charge >= 0.3 is 0 Å². The molecule has 0 spiro atoms. The van der Waals surface area contributed by atoms with Gasteiger partial charge in [-0.05, 0) is 38.2 Å². The minimum atomic E-state index is 0.0627. The van der Waals surface area contributed by atoms with E-state index in [0.29, 0.717) is 19.6 Å². The number of para-hydroxylation sites is 1. The van der Waals surface area contributed by atoms with Crippen LogP contribution in [0.15, 0.2) is 40.8 Å². The molecule has 0 radical (unpaired) electrons. The summed E-state index contributed by atoms with van der Waals surface area (Å²) in [6.07, 6.45) is 0. The van der Waals surface area contributed by atoms with E-state index in [1.165, 1.54) is 4.70 Å². The lowest BCUT2D eigenvalue weighted by molar-refractivity contribution is -0.131. The smallest absolute Gasteiger partial charge is 0.236 e. The third kappa shape index (κ3) is 4.01. The number of likely N-dealkylation sites (N-methyl/N-ethyl adjacent to an activating group) is 2. The van der Waals surface area contributed by atoms with Crippen molar-refractivity contribution in [3.8, 4) is 0 Å². The molecule has 0 fully saturated rings. The van der Waals surface area contributed by atoms with E-state index in [1.54, 1.807) is 23.3 Å². The van der Waals surface area contributed by atoms with Gasteiger partial charge in [-0.15, -0.1) is 11.3 Å². The van der Waals surface area contributed by atoms with Crippen LogP contribution in [0.5, 0.6) is 0 Å². The summed E-state index contributed by atoms with van der Waals surface area (Å²) in [6, 6.07) is 11.9. The molecule has 0 bridgehead atoms. The summed E-state index contributed by atoms with van der Waals surface area (Å²) >= 11 is 1.67. The number of furan rings is 1. The molecule has 126 valence electrons. The molecule has 24 heavy (non-hydrogen) atoms. The highest BCUT2D eigenvalue weighted by Crippen LogP contribution is 2.22. The van der Waals surface area contributed by atoms with Crippen molar-refractivity contribution >= 4 is 27.5 Å². The summed E-state index contributed by atoms with van der Waals surface area (Å²) in [5.41, 5.74) is 1.02. The third-order valence-corrected chi connectivity index (χ3v) is 4.78. The lowest BCUT2D eigenvalue weighted by Crippen LogP contribution is -2.35. The number of aryl methyl sites for hydroxylation is 1. The third-order valence-electron chi connectivity index (χ3n) is 3.76. The number of carbonyl (C=O) groups excluding carboxylic acids is 1. The van der Waals surface area contributed by atoms with Crippen molar-refractivity contribution in [1.82, 2.24) is 14.8 Å². The first-order chi connectivity index (χ1) is 11.5. The van der Waals surface area contributed by atoms with Crippen LogP contribution in [0.3, 0.4) is 0 Å². The SMILES string of the molecule is Cc1ccc(CN(C)C(=O)CN(C)Cc2nc3ccccc3s2)o1. The van der Waals surface area contributed by atoms with Gasteiger partial charge in [0.2, 0.25) is 5.91 Å². The van der Waals surface area contributed by atoms with Gasteiger partial charge < -0.3 is 9.32 Å². The van der Waals surface area contributed by atoms with Crippen molar-refractivity contribution in [3.63, 3.8) is 0 Å². The number of amides is 1. The Bertz CT molecular complexity index is 807. The monoisotopic (exact) mass is 343 g/mol. The van der Waals surface area contributed by atoms with Crippen LogP contribution in [0.25, 0.3) is 10.2 Å². The molecule has 3 aromatic rings. The Labute approximate surface area is 145 Å². The Morgan fingerprint density at radius 2 is 1.96 bits per heavy atom. The molecule has 2 aromatic heterocycles. The number of hydrogen-bond donors (Lipinski definition) is 0. The number of fused-ring (bicyclic) bond motifs is 1. The fourth-order valence-corrected chi connectivity index (χ4v) is 3.57. The first kappa shape index (κ1) is 16.7. The molecule has 1 amide bonds. The van der Waals surface area contributed by atoms with Crippen molar-refractivity contribution in [3.05, 3.63) is 52.9 Å². The highest BCUT2D eigenvalue weighted by Gasteiger charge is 2.15. The molecule has 5 nitrogen and oxygen atoms in total. The van der Waals surface area contributed by atoms with Crippen molar-refractivity contribution in [2.75, 3.05) is 20.6 Å². The Balaban J connectivity index is 1.55. The van der Waals surface area contributed by atoms with E-state index < -0.39 is 0 Å². The van der Waals surface area contributed by atoms with E-state index >= 15 is 0 Å². The maximum Gasteiger partial charge on any atom is 0.236 e. The van der Waals surface area contributed by atoms with Crippen LogP contribution in [0.1, 0.15) is 16.5 Å². The predicted octanol–water partition coefficient (Wildman–Crippen LogP) is 3.29. The molecule has 0 atom stereocenters. The van der Waals surface area contributed by atoms with Gasteiger partial charge in [0, 0.05) is 7.05 Å². The highest BCUT2D eigenvalue weighted by atomic mass is 32.1. The molecule has 0 saturated carbocycles. The van der Waals surface area contributed by atoms with Gasteiger partial charge in [0.25, 0.3) is 0 Å². The Hall–Kier alpha value is -2.18. The van der Waals surface area contributed by atoms with Crippen LogP contribution in [0.2, 0.25) is 0 Å². The maximum absolute atomic E-state index is 12.4. The number of aromatic nitrogens is 1. The zero-order valence-electron chi connectivity index (χ0n) is 14.2. The molecule has 0 N–H and O–H groups in total. The molecular formula is C18H21N3O2S. The van der Waals surface area contributed by atoms with Crippen LogP contribution < -0.4 is 0 Å². The molecule has 0 aliphatic heterocycles. The second kappa shape index (κ2) is 7.15. The highest BCUT2D eigenvalue weighted by molar-refractivity contribution is 7.18. The lowest BCUT2D eigenvalue weighted by Gasteiger charge is -2.20. The lowest BCUT2D eigenvalue weighted by atomic mass is 10.3. The standard InChI is InChI=1S/C18H21N3O2S/c1-13-8-9-14(23-13)10-21(3)18(22)12-20(2)11-17-19-15-6-4-5-7-16(15)24-17/h4-9H,10-12H2,1-3H3. The Morgan fingerprint density at radius 1 is 1.17 bits per heavy atom. The molecular weight excluding hydrogens is 322 g/mol. The summed E-state index contributed by atoms with van der Waals surface area (Å²) in [7, 11) is 3.74. The zero-order valence-corrected chi connectivity index (χ0v) is 15.0. The summed E-state index contributed by atoms with van der Waals surface area (Å²) in [6.45, 7) is 3.41. The van der Waals surface area contributed by atoms with Crippen LogP contribution >= 0.6 is 11.3 Å². The second-order valence-electron chi connectivity index (χ2n) is 6.01. The van der Waals surface area contributed by atoms with Gasteiger partial charge in [-0.25, -0.2) is 4.98 Å². The van der Waals surface area contributed by atoms with Crippen LogP contribution in [0.4, 0.5) is 0 Å². The average molecular weight is 343 g/mol. The molecule has 6 heteroatoms. The molecule has 0 aliphatic rings. The van der Waals surface area contributed by atoms with Gasteiger partial charge in [0.05, 0.1) is 29.9 Å². The molecule has 2 heterocycles. The van der Waals surface area contributed by atoms with E-state index in [2.05, 4.69) is 11.1 Å². The zero-order chi connectivity index (χ0) is 17.1. The van der Waals surface area contributed by atoms with Crippen molar-refractivity contribution in [2.24, 2.45) is 0 Å². The average Bonchev–Trinajstić information content (AvgIpc) is 3.12. The van der Waals surface area contributed by atoms with Gasteiger partial charge in [0.15, 0.2) is 0 Å². The molecule has 0 unspecified atom stereocenters. The molecule has 0 aliphatic carbocycles. The minimum absolute atomic E-state index is 0.0627. The van der Waals surface area contributed by atoms with Crippen LogP contribution in [-0.4, -0.2) is 41.3 Å². The Morgan fingerprint density at radius 3 is 2.67 bits per heavy atom. The van der Waals surface area contributed by atoms with E-state index in [0.717, 1.165) is 22.0 Å². The molecule has 0 saturated heterocycles. The summed E-state index contributed by atoms with van der Waals surface area (Å²) in [4.78, 5) is 20.6. The Kier molecular flexibility index (Phi) is 4.97. The quantitative estimate of drug-likeness (QED) is 0.689. The van der Waals surface area contributed by atoms with Crippen molar-refractivity contribution in [2.45, 2.75) is 20.0 Å². The summed E-state index contributed by atoms with van der Waals surface area (Å²) in [5, 5.41) is 1.02.